The van der Waals surface area contributed by atoms with E-state index in [0.29, 0.717) is 5.92 Å². The van der Waals surface area contributed by atoms with Gasteiger partial charge in [-0.3, -0.25) is 4.98 Å². The van der Waals surface area contributed by atoms with E-state index in [4.69, 9.17) is 0 Å². The molecule has 0 bridgehead atoms. The Kier molecular flexibility index (Phi) is 5.52. The first kappa shape index (κ1) is 15.4. The van der Waals surface area contributed by atoms with E-state index in [0.717, 1.165) is 34.9 Å². The van der Waals surface area contributed by atoms with Crippen molar-refractivity contribution in [2.45, 2.75) is 32.9 Å². The molecule has 0 saturated heterocycles. The van der Waals surface area contributed by atoms with Gasteiger partial charge in [-0.05, 0) is 36.6 Å². The maximum Gasteiger partial charge on any atom is 0.0758 e. The van der Waals surface area contributed by atoms with E-state index >= 15 is 0 Å². The van der Waals surface area contributed by atoms with Crippen LogP contribution in [-0.4, -0.2) is 22.7 Å². The standard InChI is InChI=1S/C16H21BrN2O/c1-11(2)15(20)7-9-18-10-12-5-6-14(17)13-4-3-8-19-16(12)13/h3-6,8,11,15,18,20H,7,9-10H2,1-2H3. The SMILES string of the molecule is CC(C)C(O)CCNCc1ccc(Br)c2cccnc12. The number of rotatable bonds is 6. The van der Waals surface area contributed by atoms with Crippen molar-refractivity contribution in [1.82, 2.24) is 10.3 Å². The molecule has 2 N–H and O–H groups in total. The second-order valence-electron chi connectivity index (χ2n) is 5.38. The van der Waals surface area contributed by atoms with Crippen LogP contribution in [0.15, 0.2) is 34.9 Å². The zero-order valence-electron chi connectivity index (χ0n) is 11.9. The highest BCUT2D eigenvalue weighted by Gasteiger charge is 2.09. The number of benzene rings is 1. The van der Waals surface area contributed by atoms with Gasteiger partial charge in [0.2, 0.25) is 0 Å². The molecule has 0 aliphatic rings. The van der Waals surface area contributed by atoms with Crippen molar-refractivity contribution in [3.63, 3.8) is 0 Å². The number of halogens is 1. The largest absolute Gasteiger partial charge is 0.393 e. The molecule has 20 heavy (non-hydrogen) atoms. The molecule has 0 saturated carbocycles. The van der Waals surface area contributed by atoms with E-state index in [1.807, 2.05) is 26.1 Å². The second kappa shape index (κ2) is 7.16. The van der Waals surface area contributed by atoms with Crippen molar-refractivity contribution in [3.05, 3.63) is 40.5 Å². The Morgan fingerprint density at radius 3 is 2.85 bits per heavy atom. The van der Waals surface area contributed by atoms with Crippen molar-refractivity contribution in [3.8, 4) is 0 Å². The number of aromatic nitrogens is 1. The van der Waals surface area contributed by atoms with Gasteiger partial charge in [0.05, 0.1) is 11.6 Å². The van der Waals surface area contributed by atoms with Gasteiger partial charge in [-0.1, -0.05) is 41.9 Å². The van der Waals surface area contributed by atoms with Gasteiger partial charge in [-0.25, -0.2) is 0 Å². The first-order chi connectivity index (χ1) is 9.59. The van der Waals surface area contributed by atoms with Gasteiger partial charge in [-0.15, -0.1) is 0 Å². The molecule has 0 fully saturated rings. The highest BCUT2D eigenvalue weighted by Crippen LogP contribution is 2.25. The molecular weight excluding hydrogens is 316 g/mol. The summed E-state index contributed by atoms with van der Waals surface area (Å²) in [5.41, 5.74) is 2.21. The molecule has 1 heterocycles. The maximum atomic E-state index is 9.77. The molecule has 3 nitrogen and oxygen atoms in total. The Morgan fingerprint density at radius 2 is 2.10 bits per heavy atom. The lowest BCUT2D eigenvalue weighted by Crippen LogP contribution is -2.23. The van der Waals surface area contributed by atoms with Crippen molar-refractivity contribution in [2.75, 3.05) is 6.54 Å². The molecule has 2 aromatic rings. The zero-order chi connectivity index (χ0) is 14.5. The van der Waals surface area contributed by atoms with Crippen LogP contribution in [-0.2, 0) is 6.54 Å². The molecule has 108 valence electrons. The summed E-state index contributed by atoms with van der Waals surface area (Å²) in [7, 11) is 0. The van der Waals surface area contributed by atoms with Crippen LogP contribution < -0.4 is 5.32 Å². The van der Waals surface area contributed by atoms with Crippen LogP contribution in [0, 0.1) is 5.92 Å². The highest BCUT2D eigenvalue weighted by atomic mass is 79.9. The monoisotopic (exact) mass is 336 g/mol. The summed E-state index contributed by atoms with van der Waals surface area (Å²) in [5.74, 6) is 0.312. The molecule has 0 aliphatic carbocycles. The lowest BCUT2D eigenvalue weighted by molar-refractivity contribution is 0.116. The Morgan fingerprint density at radius 1 is 1.30 bits per heavy atom. The zero-order valence-corrected chi connectivity index (χ0v) is 13.5. The summed E-state index contributed by atoms with van der Waals surface area (Å²) >= 11 is 3.55. The molecule has 0 radical (unpaired) electrons. The van der Waals surface area contributed by atoms with Gasteiger partial charge in [0.25, 0.3) is 0 Å². The van der Waals surface area contributed by atoms with E-state index in [-0.39, 0.29) is 6.10 Å². The third-order valence-electron chi connectivity index (χ3n) is 3.50. The first-order valence-corrected chi connectivity index (χ1v) is 7.79. The fourth-order valence-corrected chi connectivity index (χ4v) is 2.60. The minimum atomic E-state index is -0.234. The molecular formula is C16H21BrN2O. The van der Waals surface area contributed by atoms with Crippen LogP contribution in [0.3, 0.4) is 0 Å². The Balaban J connectivity index is 1.99. The van der Waals surface area contributed by atoms with E-state index < -0.39 is 0 Å². The van der Waals surface area contributed by atoms with Gasteiger partial charge in [-0.2, -0.15) is 0 Å². The van der Waals surface area contributed by atoms with Crippen LogP contribution in [0.2, 0.25) is 0 Å². The van der Waals surface area contributed by atoms with Gasteiger partial charge in [0, 0.05) is 22.6 Å². The van der Waals surface area contributed by atoms with E-state index in [1.165, 1.54) is 5.56 Å². The Labute approximate surface area is 128 Å². The fraction of sp³-hybridized carbons (Fsp3) is 0.438. The topological polar surface area (TPSA) is 45.1 Å². The maximum absolute atomic E-state index is 9.77. The summed E-state index contributed by atoms with van der Waals surface area (Å²) in [6, 6.07) is 8.16. The van der Waals surface area contributed by atoms with Crippen molar-refractivity contribution in [1.29, 1.82) is 0 Å². The molecule has 1 aromatic heterocycles. The summed E-state index contributed by atoms with van der Waals surface area (Å²) < 4.78 is 1.07. The normalized spacial score (nSPS) is 13.1. The molecule has 2 rings (SSSR count). The van der Waals surface area contributed by atoms with Crippen LogP contribution >= 0.6 is 15.9 Å². The summed E-state index contributed by atoms with van der Waals surface area (Å²) in [4.78, 5) is 4.46. The highest BCUT2D eigenvalue weighted by molar-refractivity contribution is 9.10. The van der Waals surface area contributed by atoms with Crippen LogP contribution in [0.25, 0.3) is 10.9 Å². The Hall–Kier alpha value is -0.970. The van der Waals surface area contributed by atoms with Gasteiger partial charge in [0.15, 0.2) is 0 Å². The minimum Gasteiger partial charge on any atom is -0.393 e. The number of pyridine rings is 1. The number of aliphatic hydroxyl groups excluding tert-OH is 1. The lowest BCUT2D eigenvalue weighted by Gasteiger charge is -2.15. The van der Waals surface area contributed by atoms with E-state index in [1.54, 1.807) is 0 Å². The Bertz CT molecular complexity index is 571. The van der Waals surface area contributed by atoms with E-state index in [9.17, 15) is 5.11 Å². The molecule has 1 atom stereocenters. The third kappa shape index (κ3) is 3.78. The van der Waals surface area contributed by atoms with Gasteiger partial charge >= 0.3 is 0 Å². The number of nitrogens with one attached hydrogen (secondary N) is 1. The van der Waals surface area contributed by atoms with Crippen molar-refractivity contribution >= 4 is 26.8 Å². The number of fused-ring (bicyclic) bond motifs is 1. The molecule has 1 unspecified atom stereocenters. The van der Waals surface area contributed by atoms with Crippen LogP contribution in [0.5, 0.6) is 0 Å². The number of aliphatic hydroxyl groups is 1. The quantitative estimate of drug-likeness (QED) is 0.793. The van der Waals surface area contributed by atoms with Gasteiger partial charge in [0.1, 0.15) is 0 Å². The van der Waals surface area contributed by atoms with Crippen molar-refractivity contribution in [2.24, 2.45) is 5.92 Å². The molecule has 0 aliphatic heterocycles. The van der Waals surface area contributed by atoms with E-state index in [2.05, 4.69) is 44.4 Å². The first-order valence-electron chi connectivity index (χ1n) is 7.00. The van der Waals surface area contributed by atoms with Crippen molar-refractivity contribution < 1.29 is 5.11 Å². The fourth-order valence-electron chi connectivity index (χ4n) is 2.15. The summed E-state index contributed by atoms with van der Waals surface area (Å²) in [5, 5.41) is 14.3. The second-order valence-corrected chi connectivity index (χ2v) is 6.24. The number of hydrogen-bond acceptors (Lipinski definition) is 3. The summed E-state index contributed by atoms with van der Waals surface area (Å²) in [6.07, 6.45) is 2.36. The molecule has 0 amide bonds. The van der Waals surface area contributed by atoms with Crippen LogP contribution in [0.4, 0.5) is 0 Å². The predicted molar refractivity (Wildman–Crippen MR) is 86.6 cm³/mol. The predicted octanol–water partition coefficient (Wildman–Crippen LogP) is 3.49. The molecule has 4 heteroatoms. The third-order valence-corrected chi connectivity index (χ3v) is 4.19. The molecule has 1 aromatic carbocycles. The molecule has 0 spiro atoms. The summed E-state index contributed by atoms with van der Waals surface area (Å²) in [6.45, 7) is 5.66. The minimum absolute atomic E-state index is 0.234. The lowest BCUT2D eigenvalue weighted by atomic mass is 10.0. The average molecular weight is 337 g/mol. The smallest absolute Gasteiger partial charge is 0.0758 e. The number of hydrogen-bond donors (Lipinski definition) is 2. The van der Waals surface area contributed by atoms with Crippen LogP contribution in [0.1, 0.15) is 25.8 Å². The average Bonchev–Trinajstić information content (AvgIpc) is 2.45. The number of nitrogens with zero attached hydrogens (tertiary/aromatic N) is 1. The van der Waals surface area contributed by atoms with Gasteiger partial charge < -0.3 is 10.4 Å².